The van der Waals surface area contributed by atoms with Crippen molar-refractivity contribution >= 4 is 34.9 Å². The van der Waals surface area contributed by atoms with Gasteiger partial charge in [-0.15, -0.1) is 0 Å². The Morgan fingerprint density at radius 2 is 1.79 bits per heavy atom. The van der Waals surface area contributed by atoms with Gasteiger partial charge < -0.3 is 10.4 Å². The first-order valence-electron chi connectivity index (χ1n) is 7.80. The largest absolute Gasteiger partial charge is 0.478 e. The molecule has 0 unspecified atom stereocenters. The van der Waals surface area contributed by atoms with E-state index in [1.165, 1.54) is 0 Å². The fourth-order valence-electron chi connectivity index (χ4n) is 3.79. The molecule has 1 aliphatic heterocycles. The fraction of sp³-hybridized carbons (Fsp3) is 0.211. The first-order valence-corrected chi connectivity index (χ1v) is 8.56. The Balaban J connectivity index is 1.78. The topological polar surface area (TPSA) is 49.3 Å². The number of carbonyl (C=O) groups is 1. The molecule has 2 aromatic carbocycles. The van der Waals surface area contributed by atoms with Gasteiger partial charge in [0.15, 0.2) is 0 Å². The van der Waals surface area contributed by atoms with Crippen molar-refractivity contribution in [2.75, 3.05) is 5.32 Å². The number of carboxylic acids is 1. The number of hydrogen-bond acceptors (Lipinski definition) is 2. The van der Waals surface area contributed by atoms with Gasteiger partial charge in [0.2, 0.25) is 0 Å². The molecule has 1 heterocycles. The number of fused-ring (bicyclic) bond motifs is 3. The van der Waals surface area contributed by atoms with Crippen LogP contribution >= 0.6 is 23.2 Å². The molecule has 122 valence electrons. The van der Waals surface area contributed by atoms with E-state index >= 15 is 0 Å². The summed E-state index contributed by atoms with van der Waals surface area (Å²) in [6.45, 7) is 0. The van der Waals surface area contributed by atoms with Gasteiger partial charge >= 0.3 is 5.97 Å². The van der Waals surface area contributed by atoms with Crippen molar-refractivity contribution in [1.29, 1.82) is 0 Å². The molecule has 0 radical (unpaired) electrons. The average molecular weight is 360 g/mol. The van der Waals surface area contributed by atoms with Gasteiger partial charge in [-0.1, -0.05) is 47.5 Å². The van der Waals surface area contributed by atoms with E-state index in [4.69, 9.17) is 28.3 Å². The van der Waals surface area contributed by atoms with Crippen molar-refractivity contribution in [3.05, 3.63) is 75.3 Å². The summed E-state index contributed by atoms with van der Waals surface area (Å²) in [5.41, 5.74) is 3.28. The van der Waals surface area contributed by atoms with Crippen LogP contribution in [0, 0.1) is 5.92 Å². The van der Waals surface area contributed by atoms with Crippen LogP contribution in [0.15, 0.2) is 48.6 Å². The van der Waals surface area contributed by atoms with Crippen molar-refractivity contribution in [2.45, 2.75) is 18.4 Å². The van der Waals surface area contributed by atoms with Crippen molar-refractivity contribution in [2.24, 2.45) is 5.92 Å². The van der Waals surface area contributed by atoms with Crippen LogP contribution in [-0.2, 0) is 0 Å². The van der Waals surface area contributed by atoms with Gasteiger partial charge in [-0.05, 0) is 42.2 Å². The molecule has 4 rings (SSSR count). The van der Waals surface area contributed by atoms with Crippen LogP contribution in [0.1, 0.15) is 39.9 Å². The number of allylic oxidation sites excluding steroid dienone is 2. The van der Waals surface area contributed by atoms with E-state index < -0.39 is 5.97 Å². The van der Waals surface area contributed by atoms with E-state index in [-0.39, 0.29) is 17.5 Å². The maximum absolute atomic E-state index is 11.1. The monoisotopic (exact) mass is 359 g/mol. The molecule has 3 atom stereocenters. The molecular formula is C19H15Cl2NO2. The molecule has 0 saturated heterocycles. The van der Waals surface area contributed by atoms with Gasteiger partial charge in [0.25, 0.3) is 0 Å². The zero-order valence-corrected chi connectivity index (χ0v) is 14.2. The van der Waals surface area contributed by atoms with Gasteiger partial charge in [0.05, 0.1) is 22.3 Å². The molecule has 0 aromatic heterocycles. The van der Waals surface area contributed by atoms with Crippen LogP contribution in [0.4, 0.5) is 5.69 Å². The first-order chi connectivity index (χ1) is 11.6. The van der Waals surface area contributed by atoms with E-state index in [9.17, 15) is 4.79 Å². The smallest absolute Gasteiger partial charge is 0.335 e. The Morgan fingerprint density at radius 3 is 2.50 bits per heavy atom. The standard InChI is InChI=1S/C19H15Cl2NO2/c20-14-8-9-15(21)18-16(14)12-2-1-3-13(12)17(22-18)10-4-6-11(7-5-10)19(23)24/h1-2,4-9,12-13,17,22H,3H2,(H,23,24)/t12-,13-,17+/m1/s1. The second-order valence-electron chi connectivity index (χ2n) is 6.22. The van der Waals surface area contributed by atoms with E-state index in [0.717, 1.165) is 28.3 Å². The first kappa shape index (κ1) is 15.6. The highest BCUT2D eigenvalue weighted by Crippen LogP contribution is 2.53. The Hall–Kier alpha value is -1.97. The lowest BCUT2D eigenvalue weighted by Gasteiger charge is -2.38. The van der Waals surface area contributed by atoms with Crippen LogP contribution in [0.2, 0.25) is 10.0 Å². The summed E-state index contributed by atoms with van der Waals surface area (Å²) in [5, 5.41) is 14.0. The molecule has 1 aliphatic carbocycles. The Kier molecular flexibility index (Phi) is 3.78. The van der Waals surface area contributed by atoms with E-state index in [1.807, 2.05) is 18.2 Å². The number of benzene rings is 2. The molecule has 2 aromatic rings. The van der Waals surface area contributed by atoms with Gasteiger partial charge in [0, 0.05) is 16.5 Å². The summed E-state index contributed by atoms with van der Waals surface area (Å²) < 4.78 is 0. The lowest BCUT2D eigenvalue weighted by atomic mass is 9.77. The molecule has 2 aliphatic rings. The van der Waals surface area contributed by atoms with E-state index in [1.54, 1.807) is 18.2 Å². The third-order valence-corrected chi connectivity index (χ3v) is 5.58. The molecule has 2 N–H and O–H groups in total. The molecule has 3 nitrogen and oxygen atoms in total. The van der Waals surface area contributed by atoms with Crippen molar-refractivity contribution < 1.29 is 9.90 Å². The molecule has 5 heteroatoms. The maximum Gasteiger partial charge on any atom is 0.335 e. The van der Waals surface area contributed by atoms with Gasteiger partial charge in [0.1, 0.15) is 0 Å². The van der Waals surface area contributed by atoms with Crippen LogP contribution < -0.4 is 5.32 Å². The lowest BCUT2D eigenvalue weighted by molar-refractivity contribution is 0.0697. The summed E-state index contributed by atoms with van der Waals surface area (Å²) >= 11 is 12.8. The minimum atomic E-state index is -0.918. The van der Waals surface area contributed by atoms with E-state index in [2.05, 4.69) is 17.5 Å². The number of hydrogen-bond donors (Lipinski definition) is 2. The van der Waals surface area contributed by atoms with Crippen molar-refractivity contribution in [3.8, 4) is 0 Å². The van der Waals surface area contributed by atoms with Crippen LogP contribution in [0.5, 0.6) is 0 Å². The van der Waals surface area contributed by atoms with Gasteiger partial charge in [-0.2, -0.15) is 0 Å². The number of rotatable bonds is 2. The Bertz CT molecular complexity index is 845. The quantitative estimate of drug-likeness (QED) is 0.694. The van der Waals surface area contributed by atoms with E-state index in [0.29, 0.717) is 10.9 Å². The minimum Gasteiger partial charge on any atom is -0.478 e. The zero-order valence-electron chi connectivity index (χ0n) is 12.7. The molecule has 0 spiro atoms. The highest BCUT2D eigenvalue weighted by Gasteiger charge is 2.39. The predicted octanol–water partition coefficient (Wildman–Crippen LogP) is 5.52. The van der Waals surface area contributed by atoms with Crippen molar-refractivity contribution in [1.82, 2.24) is 0 Å². The number of carboxylic acid groups (broad SMARTS) is 1. The van der Waals surface area contributed by atoms with Crippen LogP contribution in [0.3, 0.4) is 0 Å². The summed E-state index contributed by atoms with van der Waals surface area (Å²) in [5.74, 6) is -0.362. The molecular weight excluding hydrogens is 345 g/mol. The number of aromatic carboxylic acids is 1. The summed E-state index contributed by atoms with van der Waals surface area (Å²) in [6.07, 6.45) is 5.33. The molecule has 0 amide bonds. The normalized spacial score (nSPS) is 24.2. The molecule has 0 saturated carbocycles. The number of nitrogens with one attached hydrogen (secondary N) is 1. The minimum absolute atomic E-state index is 0.0660. The zero-order chi connectivity index (χ0) is 16.8. The summed E-state index contributed by atoms with van der Waals surface area (Å²) in [4.78, 5) is 11.1. The Morgan fingerprint density at radius 1 is 1.08 bits per heavy atom. The highest BCUT2D eigenvalue weighted by atomic mass is 35.5. The Labute approximate surface area is 149 Å². The van der Waals surface area contributed by atoms with Crippen LogP contribution in [0.25, 0.3) is 0 Å². The number of anilines is 1. The summed E-state index contributed by atoms with van der Waals surface area (Å²) in [6, 6.07) is 10.8. The SMILES string of the molecule is O=C(O)c1ccc([C@@H]2Nc3c(Cl)ccc(Cl)c3[C@@H]3C=CC[C@H]32)cc1. The molecule has 24 heavy (non-hydrogen) atoms. The fourth-order valence-corrected chi connectivity index (χ4v) is 4.29. The van der Waals surface area contributed by atoms with Crippen LogP contribution in [-0.4, -0.2) is 11.1 Å². The number of halogens is 2. The molecule has 0 bridgehead atoms. The van der Waals surface area contributed by atoms with Gasteiger partial charge in [-0.25, -0.2) is 4.79 Å². The van der Waals surface area contributed by atoms with Gasteiger partial charge in [-0.3, -0.25) is 0 Å². The third kappa shape index (κ3) is 2.40. The lowest BCUT2D eigenvalue weighted by Crippen LogP contribution is -2.29. The molecule has 0 fully saturated rings. The predicted molar refractivity (Wildman–Crippen MR) is 96.2 cm³/mol. The maximum atomic E-state index is 11.1. The summed E-state index contributed by atoms with van der Waals surface area (Å²) in [7, 11) is 0. The van der Waals surface area contributed by atoms with Crippen molar-refractivity contribution in [3.63, 3.8) is 0 Å². The third-order valence-electron chi connectivity index (χ3n) is 4.93. The average Bonchev–Trinajstić information content (AvgIpc) is 3.07. The second kappa shape index (κ2) is 5.83. The second-order valence-corrected chi connectivity index (χ2v) is 7.03. The highest BCUT2D eigenvalue weighted by molar-refractivity contribution is 6.36.